The van der Waals surface area contributed by atoms with E-state index in [9.17, 15) is 22.8 Å². The molecule has 0 saturated carbocycles. The van der Waals surface area contributed by atoms with Crippen molar-refractivity contribution in [2.75, 3.05) is 32.1 Å². The molecular weight excluding hydrogens is 565 g/mol. The molecule has 1 fully saturated rings. The third kappa shape index (κ3) is 5.85. The first kappa shape index (κ1) is 29.8. The van der Waals surface area contributed by atoms with E-state index in [2.05, 4.69) is 20.3 Å². The van der Waals surface area contributed by atoms with Gasteiger partial charge in [0.05, 0.1) is 19.0 Å². The van der Waals surface area contributed by atoms with Gasteiger partial charge in [-0.05, 0) is 62.7 Å². The largest absolute Gasteiger partial charge is 0.497 e. The van der Waals surface area contributed by atoms with Gasteiger partial charge >= 0.3 is 12.3 Å². The van der Waals surface area contributed by atoms with Gasteiger partial charge in [0.25, 0.3) is 5.91 Å². The number of carbonyl (C=O) groups excluding carboxylic acids is 1. The van der Waals surface area contributed by atoms with Crippen molar-refractivity contribution in [2.45, 2.75) is 39.0 Å². The molecule has 43 heavy (non-hydrogen) atoms. The Bertz CT molecular complexity index is 1670. The van der Waals surface area contributed by atoms with Crippen LogP contribution in [0.2, 0.25) is 0 Å². The normalized spacial score (nSPS) is 16.7. The van der Waals surface area contributed by atoms with Crippen molar-refractivity contribution in [3.8, 4) is 17.0 Å². The number of aromatic nitrogens is 3. The van der Waals surface area contributed by atoms with E-state index in [1.807, 2.05) is 19.9 Å². The van der Waals surface area contributed by atoms with Crippen LogP contribution >= 0.6 is 0 Å². The number of nitrogens with zero attached hydrogens (tertiary/aromatic N) is 5. The van der Waals surface area contributed by atoms with E-state index in [0.29, 0.717) is 41.2 Å². The maximum absolute atomic E-state index is 14.3. The number of methoxy groups -OCH3 is 1. The third-order valence-electron chi connectivity index (χ3n) is 7.83. The molecule has 2 amide bonds. The molecule has 0 unspecified atom stereocenters. The maximum atomic E-state index is 14.3. The average Bonchev–Trinajstić information content (AvgIpc) is 3.38. The van der Waals surface area contributed by atoms with Crippen molar-refractivity contribution >= 4 is 23.3 Å². The highest BCUT2D eigenvalue weighted by atomic mass is 19.4. The van der Waals surface area contributed by atoms with Crippen molar-refractivity contribution in [3.05, 3.63) is 77.1 Å². The van der Waals surface area contributed by atoms with Crippen molar-refractivity contribution in [1.29, 1.82) is 0 Å². The van der Waals surface area contributed by atoms with Crippen LogP contribution in [-0.2, 0) is 6.18 Å². The van der Waals surface area contributed by atoms with E-state index < -0.39 is 23.9 Å². The number of anilines is 1. The van der Waals surface area contributed by atoms with Gasteiger partial charge in [0.1, 0.15) is 11.3 Å². The highest BCUT2D eigenvalue weighted by Gasteiger charge is 2.39. The average molecular weight is 597 g/mol. The van der Waals surface area contributed by atoms with Crippen LogP contribution in [0, 0.1) is 6.92 Å². The molecule has 10 nitrogen and oxygen atoms in total. The van der Waals surface area contributed by atoms with E-state index in [4.69, 9.17) is 9.84 Å². The van der Waals surface area contributed by atoms with Gasteiger partial charge in [-0.15, -0.1) is 0 Å². The molecule has 5 rings (SSSR count). The number of carbonyl (C=O) groups is 2. The lowest BCUT2D eigenvalue weighted by atomic mass is 10.0. The van der Waals surface area contributed by atoms with Crippen LogP contribution in [0.15, 0.2) is 54.7 Å². The predicted octanol–water partition coefficient (Wildman–Crippen LogP) is 5.73. The minimum absolute atomic E-state index is 0.0129. The van der Waals surface area contributed by atoms with Crippen molar-refractivity contribution in [3.63, 3.8) is 0 Å². The number of hydrogen-bond donors (Lipinski definition) is 2. The molecule has 0 bridgehead atoms. The van der Waals surface area contributed by atoms with Crippen molar-refractivity contribution in [1.82, 2.24) is 24.4 Å². The second kappa shape index (κ2) is 11.6. The lowest BCUT2D eigenvalue weighted by molar-refractivity contribution is -0.143. The van der Waals surface area contributed by atoms with Crippen LogP contribution in [-0.4, -0.2) is 74.3 Å². The minimum Gasteiger partial charge on any atom is -0.497 e. The summed E-state index contributed by atoms with van der Waals surface area (Å²) in [6.07, 6.45) is -4.74. The van der Waals surface area contributed by atoms with Crippen molar-refractivity contribution < 1.29 is 32.6 Å². The molecule has 2 N–H and O–H groups in total. The Morgan fingerprint density at radius 2 is 1.86 bits per heavy atom. The molecule has 1 aliphatic rings. The molecule has 1 saturated heterocycles. The van der Waals surface area contributed by atoms with E-state index in [0.717, 1.165) is 11.8 Å². The number of alkyl halides is 3. The number of fused-ring (bicyclic) bond motifs is 1. The number of carboxylic acid groups (broad SMARTS) is 1. The number of nitrogens with one attached hydrogen (secondary N) is 1. The SMILES string of the molecule is COc1ccc(-c2nc3c(C(=O)N4CCN([C@@H](C)c5cccc(NC(=O)O)c5)C[C@H]4C)cnn3c(C(F)(F)F)c2C)cc1. The molecule has 0 aliphatic carbocycles. The van der Waals surface area contributed by atoms with Gasteiger partial charge in [-0.3, -0.25) is 15.0 Å². The molecule has 13 heteroatoms. The van der Waals surface area contributed by atoms with Gasteiger partial charge in [0, 0.05) is 48.5 Å². The number of amides is 2. The van der Waals surface area contributed by atoms with Crippen LogP contribution in [0.4, 0.5) is 23.7 Å². The first-order valence-corrected chi connectivity index (χ1v) is 13.6. The Morgan fingerprint density at radius 1 is 1.14 bits per heavy atom. The number of benzene rings is 2. The minimum atomic E-state index is -4.74. The highest BCUT2D eigenvalue weighted by molar-refractivity contribution is 6.00. The van der Waals surface area contributed by atoms with Gasteiger partial charge in [-0.25, -0.2) is 14.3 Å². The summed E-state index contributed by atoms with van der Waals surface area (Å²) in [7, 11) is 1.50. The molecule has 4 aromatic rings. The number of piperazine rings is 1. The highest BCUT2D eigenvalue weighted by Crippen LogP contribution is 2.37. The fourth-order valence-electron chi connectivity index (χ4n) is 5.59. The van der Waals surface area contributed by atoms with Gasteiger partial charge in [-0.1, -0.05) is 12.1 Å². The zero-order valence-corrected chi connectivity index (χ0v) is 24.0. The molecular formula is C30H31F3N6O4. The monoisotopic (exact) mass is 596 g/mol. The second-order valence-corrected chi connectivity index (χ2v) is 10.5. The molecule has 0 radical (unpaired) electrons. The molecule has 1 aliphatic heterocycles. The van der Waals surface area contributed by atoms with Crippen LogP contribution in [0.5, 0.6) is 5.75 Å². The van der Waals surface area contributed by atoms with Crippen LogP contribution in [0.1, 0.15) is 47.1 Å². The quantitative estimate of drug-likeness (QED) is 0.292. The summed E-state index contributed by atoms with van der Waals surface area (Å²) in [4.78, 5) is 33.2. The smallest absolute Gasteiger partial charge is 0.433 e. The van der Waals surface area contributed by atoms with Gasteiger partial charge in [0.15, 0.2) is 11.3 Å². The summed E-state index contributed by atoms with van der Waals surface area (Å²) >= 11 is 0. The summed E-state index contributed by atoms with van der Waals surface area (Å²) in [5.41, 5.74) is 0.640. The van der Waals surface area contributed by atoms with Crippen molar-refractivity contribution in [2.24, 2.45) is 0 Å². The molecule has 2 atom stereocenters. The topological polar surface area (TPSA) is 112 Å². The lowest BCUT2D eigenvalue weighted by Gasteiger charge is -2.42. The zero-order valence-electron chi connectivity index (χ0n) is 24.0. The van der Waals surface area contributed by atoms with E-state index in [1.165, 1.54) is 14.0 Å². The van der Waals surface area contributed by atoms with Gasteiger partial charge < -0.3 is 14.7 Å². The Kier molecular flexibility index (Phi) is 8.02. The Labute approximate surface area is 245 Å². The second-order valence-electron chi connectivity index (χ2n) is 10.5. The summed E-state index contributed by atoms with van der Waals surface area (Å²) in [5.74, 6) is 0.0958. The Morgan fingerprint density at radius 3 is 2.49 bits per heavy atom. The van der Waals surface area contributed by atoms with E-state index in [-0.39, 0.29) is 34.6 Å². The predicted molar refractivity (Wildman–Crippen MR) is 153 cm³/mol. The number of halogens is 3. The standard InChI is InChI=1S/C30H31F3N6O4/c1-17-16-37(19(3)21-6-5-7-22(14-21)35-29(41)42)12-13-38(17)28(40)24-15-34-39-26(30(31,32)33)18(2)25(36-27(24)39)20-8-10-23(43-4)11-9-20/h5-11,14-15,17,19,35H,12-13,16H2,1-4H3,(H,41,42)/t17-,19+/m1/s1. The maximum Gasteiger partial charge on any atom is 0.433 e. The number of hydrogen-bond acceptors (Lipinski definition) is 6. The number of ether oxygens (including phenoxy) is 1. The fourth-order valence-corrected chi connectivity index (χ4v) is 5.59. The van der Waals surface area contributed by atoms with E-state index >= 15 is 0 Å². The van der Waals surface area contributed by atoms with Crippen LogP contribution < -0.4 is 10.1 Å². The van der Waals surface area contributed by atoms with E-state index in [1.54, 1.807) is 47.4 Å². The first-order chi connectivity index (χ1) is 20.4. The summed E-state index contributed by atoms with van der Waals surface area (Å²) in [6.45, 7) is 6.56. The molecule has 226 valence electrons. The molecule has 2 aromatic heterocycles. The number of rotatable bonds is 6. The Balaban J connectivity index is 1.44. The van der Waals surface area contributed by atoms with Gasteiger partial charge in [0.2, 0.25) is 0 Å². The van der Waals surface area contributed by atoms with Crippen LogP contribution in [0.25, 0.3) is 16.9 Å². The summed E-state index contributed by atoms with van der Waals surface area (Å²) in [5, 5.41) is 15.4. The Hall–Kier alpha value is -4.65. The summed E-state index contributed by atoms with van der Waals surface area (Å²) in [6, 6.07) is 13.3. The molecule has 3 heterocycles. The van der Waals surface area contributed by atoms with Crippen LogP contribution in [0.3, 0.4) is 0 Å². The molecule has 2 aromatic carbocycles. The fraction of sp³-hybridized carbons (Fsp3) is 0.333. The van der Waals surface area contributed by atoms with Gasteiger partial charge in [-0.2, -0.15) is 18.3 Å². The third-order valence-corrected chi connectivity index (χ3v) is 7.83. The molecule has 0 spiro atoms. The lowest BCUT2D eigenvalue weighted by Crippen LogP contribution is -2.54. The first-order valence-electron chi connectivity index (χ1n) is 13.6. The summed E-state index contributed by atoms with van der Waals surface area (Å²) < 4.78 is 48.8. The zero-order chi connectivity index (χ0) is 31.1.